The number of rotatable bonds is 4. The molecule has 4 aromatic rings. The number of aromatic nitrogens is 1. The minimum absolute atomic E-state index is 0.0974. The van der Waals surface area contributed by atoms with E-state index in [2.05, 4.69) is 20.9 Å². The second-order valence-electron chi connectivity index (χ2n) is 6.62. The molecule has 2 heterocycles. The number of allylic oxidation sites excluding steroid dienone is 1. The van der Waals surface area contributed by atoms with Gasteiger partial charge in [0.05, 0.1) is 11.1 Å². The third-order valence-electron chi connectivity index (χ3n) is 4.60. The molecule has 0 aliphatic carbocycles. The monoisotopic (exact) mass is 431 g/mol. The first-order valence-corrected chi connectivity index (χ1v) is 9.76. The van der Waals surface area contributed by atoms with Gasteiger partial charge in [0.25, 0.3) is 0 Å². The Morgan fingerprint density at radius 1 is 1.04 bits per heavy atom. The van der Waals surface area contributed by atoms with Gasteiger partial charge in [-0.15, -0.1) is 0 Å². The molecule has 0 aliphatic rings. The molecular formula is C24H18BrNO2. The van der Waals surface area contributed by atoms with Gasteiger partial charge in [-0.3, -0.25) is 9.78 Å². The van der Waals surface area contributed by atoms with E-state index in [1.54, 1.807) is 12.2 Å². The molecule has 0 atom stereocenters. The van der Waals surface area contributed by atoms with Crippen molar-refractivity contribution in [2.75, 3.05) is 0 Å². The van der Waals surface area contributed by atoms with Crippen LogP contribution in [0.1, 0.15) is 27.6 Å². The van der Waals surface area contributed by atoms with E-state index in [4.69, 9.17) is 4.42 Å². The maximum Gasteiger partial charge on any atom is 0.188 e. The Labute approximate surface area is 171 Å². The van der Waals surface area contributed by atoms with Crippen LogP contribution in [-0.2, 0) is 0 Å². The highest BCUT2D eigenvalue weighted by Crippen LogP contribution is 2.35. The molecule has 0 saturated heterocycles. The lowest BCUT2D eigenvalue weighted by molar-refractivity contribution is 0.104. The highest BCUT2D eigenvalue weighted by Gasteiger charge is 2.19. The van der Waals surface area contributed by atoms with Crippen LogP contribution in [0.3, 0.4) is 0 Å². The van der Waals surface area contributed by atoms with Crippen LogP contribution >= 0.6 is 15.9 Å². The van der Waals surface area contributed by atoms with Gasteiger partial charge in [0, 0.05) is 21.1 Å². The Hall–Kier alpha value is -2.98. The molecule has 2 aromatic heterocycles. The number of aryl methyl sites for hydroxylation is 2. The number of hydrogen-bond donors (Lipinski definition) is 0. The van der Waals surface area contributed by atoms with Crippen molar-refractivity contribution in [2.24, 2.45) is 0 Å². The third kappa shape index (κ3) is 3.56. The van der Waals surface area contributed by atoms with Crippen LogP contribution < -0.4 is 0 Å². The number of nitrogens with zero attached hydrogens (tertiary/aromatic N) is 1. The van der Waals surface area contributed by atoms with Crippen LogP contribution in [0, 0.1) is 13.8 Å². The molecule has 0 saturated carbocycles. The summed E-state index contributed by atoms with van der Waals surface area (Å²) in [6.45, 7) is 3.76. The van der Waals surface area contributed by atoms with E-state index >= 15 is 0 Å². The largest absolute Gasteiger partial charge is 0.462 e. The van der Waals surface area contributed by atoms with Gasteiger partial charge in [-0.2, -0.15) is 0 Å². The predicted octanol–water partition coefficient (Wildman–Crippen LogP) is 6.77. The van der Waals surface area contributed by atoms with Crippen molar-refractivity contribution >= 4 is 38.7 Å². The molecule has 0 N–H and O–H groups in total. The number of carbonyl (C=O) groups is 1. The molecule has 0 spiro atoms. The average molecular weight is 432 g/mol. The molecule has 28 heavy (non-hydrogen) atoms. The van der Waals surface area contributed by atoms with Crippen LogP contribution in [0.5, 0.6) is 0 Å². The van der Waals surface area contributed by atoms with Gasteiger partial charge in [0.15, 0.2) is 5.78 Å². The van der Waals surface area contributed by atoms with Crippen molar-refractivity contribution in [1.82, 2.24) is 4.98 Å². The summed E-state index contributed by atoms with van der Waals surface area (Å²) in [5.74, 6) is 1.37. The lowest BCUT2D eigenvalue weighted by Gasteiger charge is -2.14. The average Bonchev–Trinajstić information content (AvgIpc) is 3.11. The number of benzene rings is 2. The molecule has 0 unspecified atom stereocenters. The van der Waals surface area contributed by atoms with Crippen molar-refractivity contribution in [1.29, 1.82) is 0 Å². The Morgan fingerprint density at radius 3 is 2.54 bits per heavy atom. The van der Waals surface area contributed by atoms with Gasteiger partial charge in [-0.1, -0.05) is 46.3 Å². The molecule has 0 radical (unpaired) electrons. The van der Waals surface area contributed by atoms with Crippen LogP contribution in [0.15, 0.2) is 75.6 Å². The van der Waals surface area contributed by atoms with Crippen molar-refractivity contribution in [2.45, 2.75) is 13.8 Å². The minimum Gasteiger partial charge on any atom is -0.462 e. The van der Waals surface area contributed by atoms with E-state index in [-0.39, 0.29) is 5.78 Å². The van der Waals surface area contributed by atoms with Crippen LogP contribution in [-0.4, -0.2) is 10.8 Å². The molecule has 4 heteroatoms. The fraction of sp³-hybridized carbons (Fsp3) is 0.0833. The van der Waals surface area contributed by atoms with Gasteiger partial charge in [0.2, 0.25) is 0 Å². The van der Waals surface area contributed by atoms with E-state index in [9.17, 15) is 4.79 Å². The molecule has 2 aromatic carbocycles. The molecular weight excluding hydrogens is 414 g/mol. The van der Waals surface area contributed by atoms with Crippen LogP contribution in [0.25, 0.3) is 28.1 Å². The second kappa shape index (κ2) is 7.56. The Kier molecular flexibility index (Phi) is 4.97. The SMILES string of the molecule is Cc1ccc(C=CC(=O)c2c(C)nc3ccc(Br)cc3c2-c2ccccc2)o1. The van der Waals surface area contributed by atoms with Gasteiger partial charge in [-0.05, 0) is 61.9 Å². The summed E-state index contributed by atoms with van der Waals surface area (Å²) < 4.78 is 6.49. The van der Waals surface area contributed by atoms with Gasteiger partial charge < -0.3 is 4.42 Å². The highest BCUT2D eigenvalue weighted by atomic mass is 79.9. The summed E-state index contributed by atoms with van der Waals surface area (Å²) in [5.41, 5.74) is 4.06. The Bertz CT molecular complexity index is 1210. The number of pyridine rings is 1. The summed E-state index contributed by atoms with van der Waals surface area (Å²) in [5, 5.41) is 0.941. The normalized spacial score (nSPS) is 11.4. The summed E-state index contributed by atoms with van der Waals surface area (Å²) in [7, 11) is 0. The zero-order valence-corrected chi connectivity index (χ0v) is 17.2. The molecule has 4 rings (SSSR count). The van der Waals surface area contributed by atoms with Gasteiger partial charge >= 0.3 is 0 Å². The van der Waals surface area contributed by atoms with E-state index in [1.165, 1.54) is 0 Å². The number of hydrogen-bond acceptors (Lipinski definition) is 3. The number of carbonyl (C=O) groups excluding carboxylic acids is 1. The van der Waals surface area contributed by atoms with E-state index in [0.717, 1.165) is 32.3 Å². The first-order chi connectivity index (χ1) is 13.5. The first-order valence-electron chi connectivity index (χ1n) is 8.97. The third-order valence-corrected chi connectivity index (χ3v) is 5.09. The standard InChI is InChI=1S/C24H18BrNO2/c1-15-8-10-19(28-15)11-13-22(27)23-16(2)26-21-12-9-18(25)14-20(21)24(23)17-6-4-3-5-7-17/h3-14H,1-2H3. The maximum absolute atomic E-state index is 13.2. The van der Waals surface area contributed by atoms with Crippen molar-refractivity contribution in [3.05, 3.63) is 94.0 Å². The minimum atomic E-state index is -0.0974. The fourth-order valence-corrected chi connectivity index (χ4v) is 3.71. The smallest absolute Gasteiger partial charge is 0.188 e. The molecule has 138 valence electrons. The predicted molar refractivity (Wildman–Crippen MR) is 116 cm³/mol. The molecule has 0 bridgehead atoms. The van der Waals surface area contributed by atoms with Crippen LogP contribution in [0.4, 0.5) is 0 Å². The molecule has 0 fully saturated rings. The number of halogens is 1. The number of furan rings is 1. The van der Waals surface area contributed by atoms with Crippen molar-refractivity contribution in [3.8, 4) is 11.1 Å². The number of fused-ring (bicyclic) bond motifs is 1. The molecule has 0 amide bonds. The maximum atomic E-state index is 13.2. The first kappa shape index (κ1) is 18.4. The van der Waals surface area contributed by atoms with Gasteiger partial charge in [0.1, 0.15) is 11.5 Å². The molecule has 0 aliphatic heterocycles. The quantitative estimate of drug-likeness (QED) is 0.264. The number of ketones is 1. The zero-order valence-electron chi connectivity index (χ0n) is 15.6. The lowest BCUT2D eigenvalue weighted by Crippen LogP contribution is -2.05. The summed E-state index contributed by atoms with van der Waals surface area (Å²) in [4.78, 5) is 17.9. The summed E-state index contributed by atoms with van der Waals surface area (Å²) in [6.07, 6.45) is 3.26. The van der Waals surface area contributed by atoms with E-state index in [0.29, 0.717) is 17.0 Å². The second-order valence-corrected chi connectivity index (χ2v) is 7.54. The Morgan fingerprint density at radius 2 is 1.82 bits per heavy atom. The van der Waals surface area contributed by atoms with Crippen molar-refractivity contribution in [3.63, 3.8) is 0 Å². The van der Waals surface area contributed by atoms with Crippen molar-refractivity contribution < 1.29 is 9.21 Å². The van der Waals surface area contributed by atoms with E-state index in [1.807, 2.05) is 74.5 Å². The zero-order chi connectivity index (χ0) is 19.7. The molecule has 3 nitrogen and oxygen atoms in total. The Balaban J connectivity index is 1.93. The topological polar surface area (TPSA) is 43.1 Å². The van der Waals surface area contributed by atoms with Crippen LogP contribution in [0.2, 0.25) is 0 Å². The summed E-state index contributed by atoms with van der Waals surface area (Å²) in [6, 6.07) is 19.6. The van der Waals surface area contributed by atoms with Gasteiger partial charge in [-0.25, -0.2) is 0 Å². The fourth-order valence-electron chi connectivity index (χ4n) is 3.35. The lowest BCUT2D eigenvalue weighted by atomic mass is 9.92. The summed E-state index contributed by atoms with van der Waals surface area (Å²) >= 11 is 3.54. The highest BCUT2D eigenvalue weighted by molar-refractivity contribution is 9.10. The van der Waals surface area contributed by atoms with E-state index < -0.39 is 0 Å².